The van der Waals surface area contributed by atoms with Crippen molar-refractivity contribution in [2.75, 3.05) is 17.2 Å². The van der Waals surface area contributed by atoms with Crippen LogP contribution in [0.2, 0.25) is 0 Å². The Morgan fingerprint density at radius 1 is 0.875 bits per heavy atom. The van der Waals surface area contributed by atoms with E-state index >= 15 is 0 Å². The number of carbonyl (C=O) groups is 1. The summed E-state index contributed by atoms with van der Waals surface area (Å²) < 4.78 is 33.8. The third-order valence-electron chi connectivity index (χ3n) is 4.45. The second-order valence-corrected chi connectivity index (χ2v) is 8.52. The van der Waals surface area contributed by atoms with Gasteiger partial charge in [0.05, 0.1) is 11.5 Å². The molecule has 168 valence electrons. The van der Waals surface area contributed by atoms with Crippen LogP contribution in [0.15, 0.2) is 77.7 Å². The summed E-state index contributed by atoms with van der Waals surface area (Å²) in [7, 11) is -3.77. The minimum atomic E-state index is -3.77. The minimum Gasteiger partial charge on any atom is -0.494 e. The largest absolute Gasteiger partial charge is 0.494 e. The molecular weight excluding hydrogens is 430 g/mol. The number of primary sulfonamides is 1. The molecule has 0 fully saturated rings. The van der Waals surface area contributed by atoms with E-state index in [1.807, 2.05) is 43.3 Å². The summed E-state index contributed by atoms with van der Waals surface area (Å²) in [6, 6.07) is 19.7. The average molecular weight is 456 g/mol. The highest BCUT2D eigenvalue weighted by atomic mass is 32.2. The molecule has 0 aliphatic carbocycles. The van der Waals surface area contributed by atoms with Gasteiger partial charge in [0.2, 0.25) is 15.9 Å². The summed E-state index contributed by atoms with van der Waals surface area (Å²) in [6.45, 7) is 4.26. The summed E-state index contributed by atoms with van der Waals surface area (Å²) in [6.07, 6.45) is 0. The van der Waals surface area contributed by atoms with Crippen molar-refractivity contribution >= 4 is 27.3 Å². The molecule has 0 radical (unpaired) electrons. The normalized spacial score (nSPS) is 12.0. The molecule has 1 atom stereocenters. The minimum absolute atomic E-state index is 0.0192. The number of rotatable bonds is 9. The number of hydrogen-bond acceptors (Lipinski definition) is 6. The molecule has 0 saturated carbocycles. The van der Waals surface area contributed by atoms with Crippen molar-refractivity contribution in [3.63, 3.8) is 0 Å². The van der Waals surface area contributed by atoms with E-state index in [-0.39, 0.29) is 10.8 Å². The van der Waals surface area contributed by atoms with Crippen molar-refractivity contribution < 1.29 is 22.7 Å². The molecule has 4 N–H and O–H groups in total. The Morgan fingerprint density at radius 3 is 1.91 bits per heavy atom. The van der Waals surface area contributed by atoms with Gasteiger partial charge in [0.1, 0.15) is 23.3 Å². The molecular formula is C23H25N3O5S. The molecule has 0 spiro atoms. The van der Waals surface area contributed by atoms with E-state index in [0.717, 1.165) is 11.4 Å². The van der Waals surface area contributed by atoms with E-state index in [1.54, 1.807) is 19.1 Å². The molecule has 0 saturated heterocycles. The standard InChI is InChI=1S/C23H25N3O5S/c1-3-30-19-10-12-21(13-11-19)31-20-8-4-17(5-9-20)25-16(2)23(27)26-18-6-14-22(15-7-18)32(24,28)29/h4-16,25H,3H2,1-2H3,(H,26,27)(H2,24,28,29). The first kappa shape index (κ1) is 23.1. The number of hydrogen-bond donors (Lipinski definition) is 3. The zero-order chi connectivity index (χ0) is 23.1. The lowest BCUT2D eigenvalue weighted by Gasteiger charge is -2.16. The number of nitrogens with one attached hydrogen (secondary N) is 2. The quantitative estimate of drug-likeness (QED) is 0.449. The second kappa shape index (κ2) is 10.2. The molecule has 32 heavy (non-hydrogen) atoms. The second-order valence-electron chi connectivity index (χ2n) is 6.96. The lowest BCUT2D eigenvalue weighted by Crippen LogP contribution is -2.31. The van der Waals surface area contributed by atoms with Crippen LogP contribution in [-0.4, -0.2) is 27.0 Å². The van der Waals surface area contributed by atoms with Crippen LogP contribution in [-0.2, 0) is 14.8 Å². The Morgan fingerprint density at radius 2 is 1.38 bits per heavy atom. The van der Waals surface area contributed by atoms with Gasteiger partial charge in [-0.1, -0.05) is 0 Å². The predicted molar refractivity (Wildman–Crippen MR) is 124 cm³/mol. The number of anilines is 2. The lowest BCUT2D eigenvalue weighted by molar-refractivity contribution is -0.116. The van der Waals surface area contributed by atoms with E-state index in [0.29, 0.717) is 23.8 Å². The molecule has 0 aliphatic rings. The first-order chi connectivity index (χ1) is 15.2. The first-order valence-corrected chi connectivity index (χ1v) is 11.5. The highest BCUT2D eigenvalue weighted by Gasteiger charge is 2.14. The maximum Gasteiger partial charge on any atom is 0.246 e. The molecule has 9 heteroatoms. The third-order valence-corrected chi connectivity index (χ3v) is 5.38. The number of amides is 1. The van der Waals surface area contributed by atoms with E-state index in [4.69, 9.17) is 14.6 Å². The topological polar surface area (TPSA) is 120 Å². The van der Waals surface area contributed by atoms with Crippen LogP contribution in [0.25, 0.3) is 0 Å². The fourth-order valence-corrected chi connectivity index (χ4v) is 3.34. The third kappa shape index (κ3) is 6.47. The molecule has 1 amide bonds. The molecule has 0 aliphatic heterocycles. The fourth-order valence-electron chi connectivity index (χ4n) is 2.82. The molecule has 0 heterocycles. The van der Waals surface area contributed by atoms with Gasteiger partial charge in [-0.25, -0.2) is 13.6 Å². The van der Waals surface area contributed by atoms with Gasteiger partial charge >= 0.3 is 0 Å². The van der Waals surface area contributed by atoms with E-state index in [1.165, 1.54) is 24.3 Å². The van der Waals surface area contributed by atoms with Crippen molar-refractivity contribution in [1.82, 2.24) is 0 Å². The number of benzene rings is 3. The molecule has 1 unspecified atom stereocenters. The van der Waals surface area contributed by atoms with Crippen molar-refractivity contribution in [2.45, 2.75) is 24.8 Å². The van der Waals surface area contributed by atoms with Crippen LogP contribution < -0.4 is 25.2 Å². The summed E-state index contributed by atoms with van der Waals surface area (Å²) in [4.78, 5) is 12.4. The van der Waals surface area contributed by atoms with Crippen LogP contribution in [0.3, 0.4) is 0 Å². The predicted octanol–water partition coefficient (Wildman–Crippen LogP) is 3.96. The maximum absolute atomic E-state index is 12.4. The van der Waals surface area contributed by atoms with E-state index in [9.17, 15) is 13.2 Å². The molecule has 3 aromatic rings. The Hall–Kier alpha value is -3.56. The highest BCUT2D eigenvalue weighted by Crippen LogP contribution is 2.25. The number of sulfonamides is 1. The van der Waals surface area contributed by atoms with Gasteiger partial charge in [0.15, 0.2) is 0 Å². The number of nitrogens with two attached hydrogens (primary N) is 1. The van der Waals surface area contributed by atoms with Crippen LogP contribution >= 0.6 is 0 Å². The van der Waals surface area contributed by atoms with Gasteiger partial charge in [0.25, 0.3) is 0 Å². The lowest BCUT2D eigenvalue weighted by atomic mass is 10.2. The van der Waals surface area contributed by atoms with Crippen LogP contribution in [0.1, 0.15) is 13.8 Å². The SMILES string of the molecule is CCOc1ccc(Oc2ccc(NC(C)C(=O)Nc3ccc(S(N)(=O)=O)cc3)cc2)cc1. The molecule has 8 nitrogen and oxygen atoms in total. The van der Waals surface area contributed by atoms with Gasteiger partial charge < -0.3 is 20.1 Å². The number of carbonyl (C=O) groups excluding carboxylic acids is 1. The average Bonchev–Trinajstić information content (AvgIpc) is 2.76. The Labute approximate surface area is 187 Å². The van der Waals surface area contributed by atoms with E-state index in [2.05, 4.69) is 10.6 Å². The molecule has 0 aromatic heterocycles. The highest BCUT2D eigenvalue weighted by molar-refractivity contribution is 7.89. The Balaban J connectivity index is 1.54. The Bertz CT molecular complexity index is 1150. The summed E-state index contributed by atoms with van der Waals surface area (Å²) in [5.41, 5.74) is 1.21. The van der Waals surface area contributed by atoms with Crippen LogP contribution in [0.5, 0.6) is 17.2 Å². The summed E-state index contributed by atoms with van der Waals surface area (Å²) in [5.74, 6) is 1.86. The fraction of sp³-hybridized carbons (Fsp3) is 0.174. The van der Waals surface area contributed by atoms with Gasteiger partial charge in [0, 0.05) is 11.4 Å². The van der Waals surface area contributed by atoms with Crippen LogP contribution in [0, 0.1) is 0 Å². The van der Waals surface area contributed by atoms with E-state index < -0.39 is 16.1 Å². The van der Waals surface area contributed by atoms with Gasteiger partial charge in [-0.2, -0.15) is 0 Å². The van der Waals surface area contributed by atoms with Crippen molar-refractivity contribution in [2.24, 2.45) is 5.14 Å². The van der Waals surface area contributed by atoms with Gasteiger partial charge in [-0.05, 0) is 86.6 Å². The monoisotopic (exact) mass is 455 g/mol. The van der Waals surface area contributed by atoms with Crippen LogP contribution in [0.4, 0.5) is 11.4 Å². The molecule has 3 rings (SSSR count). The maximum atomic E-state index is 12.4. The smallest absolute Gasteiger partial charge is 0.246 e. The zero-order valence-electron chi connectivity index (χ0n) is 17.7. The van der Waals surface area contributed by atoms with Crippen molar-refractivity contribution in [3.05, 3.63) is 72.8 Å². The zero-order valence-corrected chi connectivity index (χ0v) is 18.6. The Kier molecular flexibility index (Phi) is 7.34. The van der Waals surface area contributed by atoms with Gasteiger partial charge in [-0.3, -0.25) is 4.79 Å². The summed E-state index contributed by atoms with van der Waals surface area (Å²) >= 11 is 0. The molecule has 3 aromatic carbocycles. The van der Waals surface area contributed by atoms with Crippen molar-refractivity contribution in [1.29, 1.82) is 0 Å². The van der Waals surface area contributed by atoms with Crippen molar-refractivity contribution in [3.8, 4) is 17.2 Å². The summed E-state index contributed by atoms with van der Waals surface area (Å²) in [5, 5.41) is 10.9. The first-order valence-electron chi connectivity index (χ1n) is 9.95. The van der Waals surface area contributed by atoms with Gasteiger partial charge in [-0.15, -0.1) is 0 Å². The number of ether oxygens (including phenoxy) is 2. The molecule has 0 bridgehead atoms.